The van der Waals surface area contributed by atoms with Crippen molar-refractivity contribution in [2.24, 2.45) is 0 Å². The molecule has 0 unspecified atom stereocenters. The Morgan fingerprint density at radius 1 is 1.00 bits per heavy atom. The van der Waals surface area contributed by atoms with Crippen molar-refractivity contribution in [3.8, 4) is 11.1 Å². The summed E-state index contributed by atoms with van der Waals surface area (Å²) in [5.74, 6) is 0. The molecule has 0 spiro atoms. The highest BCUT2D eigenvalue weighted by molar-refractivity contribution is 9.10. The quantitative estimate of drug-likeness (QED) is 0.619. The van der Waals surface area contributed by atoms with Crippen molar-refractivity contribution in [1.29, 1.82) is 0 Å². The zero-order chi connectivity index (χ0) is 12.1. The number of benzene rings is 2. The van der Waals surface area contributed by atoms with Gasteiger partial charge >= 0.3 is 0 Å². The van der Waals surface area contributed by atoms with Gasteiger partial charge in [0, 0.05) is 26.6 Å². The Morgan fingerprint density at radius 2 is 1.89 bits per heavy atom. The van der Waals surface area contributed by atoms with Gasteiger partial charge < -0.3 is 4.98 Å². The SMILES string of the molecule is Brc1ccc2[nH]c3c(c2c1)-c1ccccc1CC3. The first-order valence-corrected chi connectivity index (χ1v) is 7.00. The van der Waals surface area contributed by atoms with Gasteiger partial charge in [-0.2, -0.15) is 0 Å². The molecule has 0 radical (unpaired) electrons. The van der Waals surface area contributed by atoms with Crippen LogP contribution in [-0.4, -0.2) is 4.98 Å². The normalized spacial score (nSPS) is 13.4. The van der Waals surface area contributed by atoms with Crippen molar-refractivity contribution in [3.63, 3.8) is 0 Å². The van der Waals surface area contributed by atoms with Crippen LogP contribution < -0.4 is 0 Å². The van der Waals surface area contributed by atoms with E-state index in [-0.39, 0.29) is 0 Å². The lowest BCUT2D eigenvalue weighted by Gasteiger charge is -2.16. The van der Waals surface area contributed by atoms with Gasteiger partial charge in [0.25, 0.3) is 0 Å². The molecule has 0 fully saturated rings. The fourth-order valence-corrected chi connectivity index (χ4v) is 3.32. The number of rotatable bonds is 0. The molecule has 1 nitrogen and oxygen atoms in total. The molecule has 2 aromatic carbocycles. The van der Waals surface area contributed by atoms with E-state index in [0.717, 1.165) is 17.3 Å². The fraction of sp³-hybridized carbons (Fsp3) is 0.125. The Kier molecular flexibility index (Phi) is 2.15. The second-order valence-electron chi connectivity index (χ2n) is 4.83. The molecule has 4 rings (SSSR count). The molecule has 18 heavy (non-hydrogen) atoms. The van der Waals surface area contributed by atoms with Crippen LogP contribution in [0.1, 0.15) is 11.3 Å². The first-order valence-electron chi connectivity index (χ1n) is 6.21. The lowest BCUT2D eigenvalue weighted by atomic mass is 9.88. The average Bonchev–Trinajstić information content (AvgIpc) is 2.77. The molecule has 0 aliphatic heterocycles. The maximum absolute atomic E-state index is 3.57. The molecule has 88 valence electrons. The fourth-order valence-electron chi connectivity index (χ4n) is 2.96. The van der Waals surface area contributed by atoms with Crippen molar-refractivity contribution in [1.82, 2.24) is 4.98 Å². The van der Waals surface area contributed by atoms with E-state index in [1.807, 2.05) is 0 Å². The van der Waals surface area contributed by atoms with Crippen molar-refractivity contribution in [3.05, 3.63) is 58.2 Å². The molecule has 1 heterocycles. The molecule has 0 atom stereocenters. The summed E-state index contributed by atoms with van der Waals surface area (Å²) in [5.41, 5.74) is 6.86. The molecule has 1 aliphatic rings. The number of hydrogen-bond donors (Lipinski definition) is 1. The summed E-state index contributed by atoms with van der Waals surface area (Å²) in [5, 5.41) is 1.33. The number of aromatic amines is 1. The van der Waals surface area contributed by atoms with Gasteiger partial charge in [-0.3, -0.25) is 0 Å². The van der Waals surface area contributed by atoms with Crippen molar-refractivity contribution < 1.29 is 0 Å². The van der Waals surface area contributed by atoms with Crippen LogP contribution in [0.5, 0.6) is 0 Å². The molecular weight excluding hydrogens is 286 g/mol. The number of aromatic nitrogens is 1. The Labute approximate surface area is 114 Å². The zero-order valence-electron chi connectivity index (χ0n) is 9.83. The third kappa shape index (κ3) is 1.39. The lowest BCUT2D eigenvalue weighted by Crippen LogP contribution is -2.02. The second kappa shape index (κ2) is 3.72. The maximum atomic E-state index is 3.57. The van der Waals surface area contributed by atoms with E-state index in [4.69, 9.17) is 0 Å². The summed E-state index contributed by atoms with van der Waals surface area (Å²) in [7, 11) is 0. The van der Waals surface area contributed by atoms with Crippen molar-refractivity contribution >= 4 is 26.8 Å². The minimum Gasteiger partial charge on any atom is -0.358 e. The molecule has 0 saturated carbocycles. The summed E-state index contributed by atoms with van der Waals surface area (Å²) < 4.78 is 1.14. The highest BCUT2D eigenvalue weighted by Gasteiger charge is 2.20. The molecule has 1 aromatic heterocycles. The van der Waals surface area contributed by atoms with Crippen LogP contribution in [0.15, 0.2) is 46.9 Å². The predicted octanol–water partition coefficient (Wildman–Crippen LogP) is 4.70. The van der Waals surface area contributed by atoms with Gasteiger partial charge in [-0.1, -0.05) is 40.2 Å². The molecule has 3 aromatic rings. The third-order valence-electron chi connectivity index (χ3n) is 3.77. The third-order valence-corrected chi connectivity index (χ3v) is 4.26. The standard InChI is InChI=1S/C16H12BrN/c17-11-6-8-14-13(9-11)16-12-4-2-1-3-10(12)5-7-15(16)18-14/h1-4,6,8-9,18H,5,7H2. The Morgan fingerprint density at radius 3 is 2.83 bits per heavy atom. The minimum atomic E-state index is 1.11. The van der Waals surface area contributed by atoms with Crippen LogP contribution in [0, 0.1) is 0 Å². The van der Waals surface area contributed by atoms with E-state index in [1.54, 1.807) is 0 Å². The van der Waals surface area contributed by atoms with Crippen molar-refractivity contribution in [2.45, 2.75) is 12.8 Å². The van der Waals surface area contributed by atoms with Gasteiger partial charge in [-0.05, 0) is 42.2 Å². The van der Waals surface area contributed by atoms with Gasteiger partial charge in [0.2, 0.25) is 0 Å². The van der Waals surface area contributed by atoms with Crippen LogP contribution in [0.2, 0.25) is 0 Å². The van der Waals surface area contributed by atoms with Gasteiger partial charge in [-0.15, -0.1) is 0 Å². The molecule has 1 aliphatic carbocycles. The smallest absolute Gasteiger partial charge is 0.0463 e. The summed E-state index contributed by atoms with van der Waals surface area (Å²) in [4.78, 5) is 3.56. The molecule has 0 saturated heterocycles. The highest BCUT2D eigenvalue weighted by atomic mass is 79.9. The largest absolute Gasteiger partial charge is 0.358 e. The van der Waals surface area contributed by atoms with E-state index < -0.39 is 0 Å². The molecule has 1 N–H and O–H groups in total. The van der Waals surface area contributed by atoms with E-state index >= 15 is 0 Å². The Hall–Kier alpha value is -1.54. The van der Waals surface area contributed by atoms with Crippen LogP contribution in [0.3, 0.4) is 0 Å². The van der Waals surface area contributed by atoms with Crippen LogP contribution in [-0.2, 0) is 12.8 Å². The van der Waals surface area contributed by atoms with Crippen LogP contribution in [0.25, 0.3) is 22.0 Å². The van der Waals surface area contributed by atoms with Gasteiger partial charge in [0.1, 0.15) is 0 Å². The number of H-pyrrole nitrogens is 1. The van der Waals surface area contributed by atoms with Gasteiger partial charge in [0.05, 0.1) is 0 Å². The molecule has 0 bridgehead atoms. The van der Waals surface area contributed by atoms with Crippen LogP contribution in [0.4, 0.5) is 0 Å². The van der Waals surface area contributed by atoms with Crippen molar-refractivity contribution in [2.75, 3.05) is 0 Å². The number of halogens is 1. The minimum absolute atomic E-state index is 1.11. The first kappa shape index (κ1) is 10.4. The Bertz CT molecular complexity index is 755. The van der Waals surface area contributed by atoms with Gasteiger partial charge in [-0.25, -0.2) is 0 Å². The average molecular weight is 298 g/mol. The van der Waals surface area contributed by atoms with E-state index in [2.05, 4.69) is 63.4 Å². The predicted molar refractivity (Wildman–Crippen MR) is 78.8 cm³/mol. The van der Waals surface area contributed by atoms with E-state index in [9.17, 15) is 0 Å². The molecular formula is C16H12BrN. The number of fused-ring (bicyclic) bond motifs is 5. The molecule has 2 heteroatoms. The van der Waals surface area contributed by atoms with Gasteiger partial charge in [0.15, 0.2) is 0 Å². The maximum Gasteiger partial charge on any atom is 0.0463 e. The molecule has 0 amide bonds. The summed E-state index contributed by atoms with van der Waals surface area (Å²) >= 11 is 3.57. The monoisotopic (exact) mass is 297 g/mol. The summed E-state index contributed by atoms with van der Waals surface area (Å²) in [6.45, 7) is 0. The number of hydrogen-bond acceptors (Lipinski definition) is 0. The van der Waals surface area contributed by atoms with E-state index in [0.29, 0.717) is 0 Å². The van der Waals surface area contributed by atoms with E-state index in [1.165, 1.54) is 33.3 Å². The number of aryl methyl sites for hydroxylation is 2. The number of nitrogens with one attached hydrogen (secondary N) is 1. The summed E-state index contributed by atoms with van der Waals surface area (Å²) in [6.07, 6.45) is 2.25. The van der Waals surface area contributed by atoms with Crippen LogP contribution >= 0.6 is 15.9 Å². The summed E-state index contributed by atoms with van der Waals surface area (Å²) in [6, 6.07) is 15.2. The topological polar surface area (TPSA) is 15.8 Å². The Balaban J connectivity index is 2.13. The first-order chi connectivity index (χ1) is 8.83. The lowest BCUT2D eigenvalue weighted by molar-refractivity contribution is 0.914. The highest BCUT2D eigenvalue weighted by Crippen LogP contribution is 2.39. The second-order valence-corrected chi connectivity index (χ2v) is 5.74. The zero-order valence-corrected chi connectivity index (χ0v) is 11.4.